The maximum Gasteiger partial charge on any atom is 0.241 e. The van der Waals surface area contributed by atoms with Crippen LogP contribution in [0.3, 0.4) is 0 Å². The molecule has 1 rings (SSSR count). The van der Waals surface area contributed by atoms with E-state index in [1.165, 1.54) is 6.07 Å². The summed E-state index contributed by atoms with van der Waals surface area (Å²) in [5.41, 5.74) is 7.63. The van der Waals surface area contributed by atoms with Crippen molar-refractivity contribution < 1.29 is 13.5 Å². The van der Waals surface area contributed by atoms with Gasteiger partial charge in [0, 0.05) is 18.3 Å². The zero-order valence-electron chi connectivity index (χ0n) is 10.9. The summed E-state index contributed by atoms with van der Waals surface area (Å²) in [5, 5.41) is 8.79. The minimum Gasteiger partial charge on any atom is -0.399 e. The number of nitrogens with one attached hydrogen (secondary N) is 1. The van der Waals surface area contributed by atoms with Crippen LogP contribution in [-0.4, -0.2) is 26.2 Å². The molecule has 0 saturated carbocycles. The van der Waals surface area contributed by atoms with Gasteiger partial charge in [-0.05, 0) is 50.5 Å². The predicted octanol–water partition coefficient (Wildman–Crippen LogP) is 0.935. The van der Waals surface area contributed by atoms with Crippen molar-refractivity contribution in [3.8, 4) is 0 Å². The lowest BCUT2D eigenvalue weighted by molar-refractivity contribution is 0.275. The maximum atomic E-state index is 12.2. The summed E-state index contributed by atoms with van der Waals surface area (Å²) in [5.74, 6) is 0. The first-order valence-electron chi connectivity index (χ1n) is 5.78. The van der Waals surface area contributed by atoms with Crippen molar-refractivity contribution in [2.75, 3.05) is 12.3 Å². The Labute approximate surface area is 108 Å². The molecule has 0 aliphatic carbocycles. The van der Waals surface area contributed by atoms with Crippen molar-refractivity contribution in [1.29, 1.82) is 0 Å². The van der Waals surface area contributed by atoms with Crippen LogP contribution < -0.4 is 10.5 Å². The van der Waals surface area contributed by atoms with E-state index in [0.717, 1.165) is 5.56 Å². The van der Waals surface area contributed by atoms with Gasteiger partial charge in [-0.3, -0.25) is 0 Å². The van der Waals surface area contributed by atoms with Gasteiger partial charge in [0.2, 0.25) is 10.0 Å². The second kappa shape index (κ2) is 5.69. The SMILES string of the molecule is Cc1cc(N)cc(S(=O)(=O)NC(C)CCO)c1C. The molecule has 1 unspecified atom stereocenters. The highest BCUT2D eigenvalue weighted by Gasteiger charge is 2.20. The van der Waals surface area contributed by atoms with Crippen LogP contribution in [0.25, 0.3) is 0 Å². The molecule has 0 radical (unpaired) electrons. The molecule has 5 nitrogen and oxygen atoms in total. The molecule has 0 aliphatic rings. The highest BCUT2D eigenvalue weighted by atomic mass is 32.2. The van der Waals surface area contributed by atoms with E-state index in [9.17, 15) is 8.42 Å². The predicted molar refractivity (Wildman–Crippen MR) is 71.8 cm³/mol. The maximum absolute atomic E-state index is 12.2. The lowest BCUT2D eigenvalue weighted by Crippen LogP contribution is -2.33. The molecule has 0 aliphatic heterocycles. The van der Waals surface area contributed by atoms with E-state index in [4.69, 9.17) is 10.8 Å². The number of aryl methyl sites for hydroxylation is 1. The molecule has 0 heterocycles. The molecule has 0 amide bonds. The zero-order chi connectivity index (χ0) is 13.9. The zero-order valence-corrected chi connectivity index (χ0v) is 11.7. The van der Waals surface area contributed by atoms with Crippen molar-refractivity contribution in [2.45, 2.75) is 38.1 Å². The Balaban J connectivity index is 3.13. The molecular weight excluding hydrogens is 252 g/mol. The second-order valence-electron chi connectivity index (χ2n) is 4.50. The third-order valence-corrected chi connectivity index (χ3v) is 4.57. The molecule has 1 aromatic rings. The molecule has 18 heavy (non-hydrogen) atoms. The first kappa shape index (κ1) is 14.9. The number of hydrogen-bond acceptors (Lipinski definition) is 4. The summed E-state index contributed by atoms with van der Waals surface area (Å²) >= 11 is 0. The van der Waals surface area contributed by atoms with E-state index in [0.29, 0.717) is 17.7 Å². The van der Waals surface area contributed by atoms with Crippen LogP contribution in [-0.2, 0) is 10.0 Å². The number of aliphatic hydroxyl groups is 1. The van der Waals surface area contributed by atoms with E-state index < -0.39 is 10.0 Å². The van der Waals surface area contributed by atoms with Gasteiger partial charge in [0.05, 0.1) is 4.90 Å². The Hall–Kier alpha value is -1.11. The lowest BCUT2D eigenvalue weighted by atomic mass is 10.1. The number of nitrogens with two attached hydrogens (primary N) is 1. The Bertz CT molecular complexity index is 526. The van der Waals surface area contributed by atoms with E-state index in [1.807, 2.05) is 6.92 Å². The molecule has 1 aromatic carbocycles. The number of benzene rings is 1. The highest BCUT2D eigenvalue weighted by Crippen LogP contribution is 2.22. The minimum atomic E-state index is -3.60. The van der Waals surface area contributed by atoms with Crippen LogP contribution in [0.1, 0.15) is 24.5 Å². The Morgan fingerprint density at radius 2 is 2.00 bits per heavy atom. The van der Waals surface area contributed by atoms with Gasteiger partial charge in [0.15, 0.2) is 0 Å². The van der Waals surface area contributed by atoms with E-state index in [1.54, 1.807) is 19.9 Å². The van der Waals surface area contributed by atoms with Crippen LogP contribution in [0, 0.1) is 13.8 Å². The molecule has 102 valence electrons. The first-order chi connectivity index (χ1) is 8.27. The molecule has 0 saturated heterocycles. The number of rotatable bonds is 5. The van der Waals surface area contributed by atoms with Gasteiger partial charge in [0.1, 0.15) is 0 Å². The molecule has 0 bridgehead atoms. The molecule has 0 aromatic heterocycles. The Morgan fingerprint density at radius 3 is 2.56 bits per heavy atom. The monoisotopic (exact) mass is 272 g/mol. The van der Waals surface area contributed by atoms with E-state index in [2.05, 4.69) is 4.72 Å². The Kier molecular flexibility index (Phi) is 4.72. The van der Waals surface area contributed by atoms with Gasteiger partial charge >= 0.3 is 0 Å². The van der Waals surface area contributed by atoms with E-state index in [-0.39, 0.29) is 17.5 Å². The standard InChI is InChI=1S/C12H20N2O3S/c1-8-6-11(13)7-12(10(8)3)18(16,17)14-9(2)4-5-15/h6-7,9,14-15H,4-5,13H2,1-3H3. The van der Waals surface area contributed by atoms with Gasteiger partial charge < -0.3 is 10.8 Å². The van der Waals surface area contributed by atoms with Crippen LogP contribution in [0.2, 0.25) is 0 Å². The van der Waals surface area contributed by atoms with Crippen molar-refractivity contribution in [2.24, 2.45) is 0 Å². The van der Waals surface area contributed by atoms with Gasteiger partial charge in [-0.1, -0.05) is 0 Å². The summed E-state index contributed by atoms with van der Waals surface area (Å²) in [6.07, 6.45) is 0.375. The third-order valence-electron chi connectivity index (χ3n) is 2.85. The number of anilines is 1. The largest absolute Gasteiger partial charge is 0.399 e. The third kappa shape index (κ3) is 3.44. The Morgan fingerprint density at radius 1 is 1.39 bits per heavy atom. The van der Waals surface area contributed by atoms with E-state index >= 15 is 0 Å². The summed E-state index contributed by atoms with van der Waals surface area (Å²) in [6.45, 7) is 5.22. The summed E-state index contributed by atoms with van der Waals surface area (Å²) < 4.78 is 26.9. The molecular formula is C12H20N2O3S. The van der Waals surface area contributed by atoms with Crippen molar-refractivity contribution >= 4 is 15.7 Å². The lowest BCUT2D eigenvalue weighted by Gasteiger charge is -2.16. The quantitative estimate of drug-likeness (QED) is 0.695. The summed E-state index contributed by atoms with van der Waals surface area (Å²) in [4.78, 5) is 0.199. The molecule has 0 fully saturated rings. The second-order valence-corrected chi connectivity index (χ2v) is 6.18. The van der Waals surface area contributed by atoms with Gasteiger partial charge in [-0.25, -0.2) is 13.1 Å². The van der Waals surface area contributed by atoms with Crippen LogP contribution in [0.15, 0.2) is 17.0 Å². The van der Waals surface area contributed by atoms with Crippen molar-refractivity contribution in [3.05, 3.63) is 23.3 Å². The fourth-order valence-electron chi connectivity index (χ4n) is 1.71. The number of nitrogen functional groups attached to an aromatic ring is 1. The smallest absolute Gasteiger partial charge is 0.241 e. The summed E-state index contributed by atoms with van der Waals surface area (Å²) in [7, 11) is -3.60. The first-order valence-corrected chi connectivity index (χ1v) is 7.26. The van der Waals surface area contributed by atoms with Crippen LogP contribution >= 0.6 is 0 Å². The van der Waals surface area contributed by atoms with Gasteiger partial charge in [0.25, 0.3) is 0 Å². The normalized spacial score (nSPS) is 13.6. The van der Waals surface area contributed by atoms with Crippen LogP contribution in [0.4, 0.5) is 5.69 Å². The van der Waals surface area contributed by atoms with Crippen molar-refractivity contribution in [1.82, 2.24) is 4.72 Å². The summed E-state index contributed by atoms with van der Waals surface area (Å²) in [6, 6.07) is 2.88. The topological polar surface area (TPSA) is 92.4 Å². The molecule has 4 N–H and O–H groups in total. The molecule has 0 spiro atoms. The highest BCUT2D eigenvalue weighted by molar-refractivity contribution is 7.89. The fourth-order valence-corrected chi connectivity index (χ4v) is 3.34. The van der Waals surface area contributed by atoms with Crippen molar-refractivity contribution in [3.63, 3.8) is 0 Å². The van der Waals surface area contributed by atoms with Gasteiger partial charge in [-0.2, -0.15) is 0 Å². The average Bonchev–Trinajstić information content (AvgIpc) is 2.22. The number of hydrogen-bond donors (Lipinski definition) is 3. The average molecular weight is 272 g/mol. The molecule has 1 atom stereocenters. The van der Waals surface area contributed by atoms with Gasteiger partial charge in [-0.15, -0.1) is 0 Å². The number of aliphatic hydroxyl groups excluding tert-OH is 1. The number of sulfonamides is 1. The van der Waals surface area contributed by atoms with Crippen LogP contribution in [0.5, 0.6) is 0 Å². The minimum absolute atomic E-state index is 0.0569. The fraction of sp³-hybridized carbons (Fsp3) is 0.500. The molecule has 6 heteroatoms.